The number of Topliss-reactive ketones (excluding diaryl/α,β-unsaturated/α-hetero) is 1. The third-order valence-corrected chi connectivity index (χ3v) is 2.89. The van der Waals surface area contributed by atoms with Gasteiger partial charge in [0.05, 0.1) is 0 Å². The summed E-state index contributed by atoms with van der Waals surface area (Å²) >= 11 is 0. The van der Waals surface area contributed by atoms with Gasteiger partial charge in [0.15, 0.2) is 5.78 Å². The van der Waals surface area contributed by atoms with Crippen molar-refractivity contribution in [3.63, 3.8) is 0 Å². The van der Waals surface area contributed by atoms with Crippen LogP contribution in [0.5, 0.6) is 0 Å². The smallest absolute Gasteiger partial charge is 0.308 e. The van der Waals surface area contributed by atoms with Gasteiger partial charge in [0.1, 0.15) is 5.82 Å². The average molecular weight is 283 g/mol. The van der Waals surface area contributed by atoms with E-state index in [1.54, 1.807) is 30.3 Å². The topological polar surface area (TPSA) is 71.1 Å². The molecule has 0 bridgehead atoms. The van der Waals surface area contributed by atoms with E-state index in [0.29, 0.717) is 17.1 Å². The molecule has 0 aliphatic heterocycles. The molecule has 1 aromatic heterocycles. The molecular formula is C16H17N3O2. The quantitative estimate of drug-likeness (QED) is 0.846. The lowest BCUT2D eigenvalue weighted by molar-refractivity contribution is 0.101. The van der Waals surface area contributed by atoms with Crippen molar-refractivity contribution >= 4 is 23.3 Å². The van der Waals surface area contributed by atoms with E-state index in [4.69, 9.17) is 0 Å². The average Bonchev–Trinajstić information content (AvgIpc) is 2.37. The number of hydrogen-bond donors (Lipinski definition) is 2. The van der Waals surface area contributed by atoms with Crippen molar-refractivity contribution in [3.05, 3.63) is 53.2 Å². The molecule has 2 N–H and O–H groups in total. The highest BCUT2D eigenvalue weighted by atomic mass is 16.2. The van der Waals surface area contributed by atoms with Gasteiger partial charge in [-0.2, -0.15) is 0 Å². The molecule has 0 aliphatic rings. The van der Waals surface area contributed by atoms with Crippen LogP contribution in [0.2, 0.25) is 0 Å². The second kappa shape index (κ2) is 6.17. The standard InChI is InChI=1S/C16H17N3O2/c1-10-8-11(2)17-15(9-10)19-16(21)18-14-6-4-13(5-7-14)12(3)20/h4-9H,1-3H3,(H2,17,18,19,21). The van der Waals surface area contributed by atoms with Crippen LogP contribution in [0.1, 0.15) is 28.5 Å². The Hall–Kier alpha value is -2.69. The van der Waals surface area contributed by atoms with Crippen molar-refractivity contribution in [3.8, 4) is 0 Å². The first-order chi connectivity index (χ1) is 9.94. The summed E-state index contributed by atoms with van der Waals surface area (Å²) in [7, 11) is 0. The number of aryl methyl sites for hydroxylation is 2. The number of carbonyl (C=O) groups excluding carboxylic acids is 2. The Kier molecular flexibility index (Phi) is 4.33. The molecule has 2 aromatic rings. The monoisotopic (exact) mass is 283 g/mol. The zero-order valence-corrected chi connectivity index (χ0v) is 12.2. The molecule has 2 rings (SSSR count). The number of pyridine rings is 1. The first kappa shape index (κ1) is 14.7. The number of urea groups is 1. The molecule has 0 saturated carbocycles. The van der Waals surface area contributed by atoms with E-state index in [1.165, 1.54) is 6.92 Å². The third-order valence-electron chi connectivity index (χ3n) is 2.89. The Labute approximate surface area is 123 Å². The molecule has 2 amide bonds. The van der Waals surface area contributed by atoms with Crippen molar-refractivity contribution in [1.82, 2.24) is 4.98 Å². The van der Waals surface area contributed by atoms with Gasteiger partial charge < -0.3 is 5.32 Å². The molecule has 0 spiro atoms. The summed E-state index contributed by atoms with van der Waals surface area (Å²) in [4.78, 5) is 27.3. The van der Waals surface area contributed by atoms with Crippen molar-refractivity contribution in [2.24, 2.45) is 0 Å². The largest absolute Gasteiger partial charge is 0.324 e. The Morgan fingerprint density at radius 2 is 1.67 bits per heavy atom. The molecule has 0 atom stereocenters. The summed E-state index contributed by atoms with van der Waals surface area (Å²) in [5.74, 6) is 0.496. The Morgan fingerprint density at radius 1 is 1.00 bits per heavy atom. The molecule has 5 nitrogen and oxygen atoms in total. The zero-order chi connectivity index (χ0) is 15.4. The number of anilines is 2. The van der Waals surface area contributed by atoms with Gasteiger partial charge in [0.2, 0.25) is 0 Å². The van der Waals surface area contributed by atoms with Gasteiger partial charge in [-0.1, -0.05) is 0 Å². The number of rotatable bonds is 3. The van der Waals surface area contributed by atoms with Crippen LogP contribution in [0.4, 0.5) is 16.3 Å². The molecule has 1 heterocycles. The normalized spacial score (nSPS) is 10.0. The van der Waals surface area contributed by atoms with Gasteiger partial charge in [0, 0.05) is 16.9 Å². The van der Waals surface area contributed by atoms with Crippen LogP contribution in [-0.2, 0) is 0 Å². The number of aromatic nitrogens is 1. The van der Waals surface area contributed by atoms with E-state index in [1.807, 2.05) is 19.9 Å². The number of nitrogens with one attached hydrogen (secondary N) is 2. The van der Waals surface area contributed by atoms with Crippen LogP contribution >= 0.6 is 0 Å². The van der Waals surface area contributed by atoms with E-state index in [-0.39, 0.29) is 11.8 Å². The van der Waals surface area contributed by atoms with Gasteiger partial charge in [-0.3, -0.25) is 10.1 Å². The lowest BCUT2D eigenvalue weighted by Gasteiger charge is -2.08. The molecule has 0 saturated heterocycles. The van der Waals surface area contributed by atoms with Gasteiger partial charge in [-0.15, -0.1) is 0 Å². The molecule has 0 fully saturated rings. The van der Waals surface area contributed by atoms with Crippen molar-refractivity contribution < 1.29 is 9.59 Å². The lowest BCUT2D eigenvalue weighted by atomic mass is 10.1. The summed E-state index contributed by atoms with van der Waals surface area (Å²) in [6, 6.07) is 10.1. The molecule has 5 heteroatoms. The number of carbonyl (C=O) groups is 2. The van der Waals surface area contributed by atoms with Crippen LogP contribution in [-0.4, -0.2) is 16.8 Å². The predicted octanol–water partition coefficient (Wildman–Crippen LogP) is 3.55. The Balaban J connectivity index is 2.02. The van der Waals surface area contributed by atoms with E-state index in [9.17, 15) is 9.59 Å². The summed E-state index contributed by atoms with van der Waals surface area (Å²) in [6.07, 6.45) is 0. The maximum Gasteiger partial charge on any atom is 0.324 e. The van der Waals surface area contributed by atoms with Gasteiger partial charge in [-0.05, 0) is 62.7 Å². The van der Waals surface area contributed by atoms with Crippen molar-refractivity contribution in [2.45, 2.75) is 20.8 Å². The minimum Gasteiger partial charge on any atom is -0.308 e. The molecular weight excluding hydrogens is 266 g/mol. The first-order valence-electron chi connectivity index (χ1n) is 6.58. The fourth-order valence-corrected chi connectivity index (χ4v) is 1.97. The predicted molar refractivity (Wildman–Crippen MR) is 82.8 cm³/mol. The van der Waals surface area contributed by atoms with E-state index < -0.39 is 0 Å². The first-order valence-corrected chi connectivity index (χ1v) is 6.58. The molecule has 21 heavy (non-hydrogen) atoms. The molecule has 0 aliphatic carbocycles. The lowest BCUT2D eigenvalue weighted by Crippen LogP contribution is -2.20. The van der Waals surface area contributed by atoms with Crippen LogP contribution in [0.25, 0.3) is 0 Å². The summed E-state index contributed by atoms with van der Waals surface area (Å²) in [5, 5.41) is 5.38. The van der Waals surface area contributed by atoms with Crippen molar-refractivity contribution in [2.75, 3.05) is 10.6 Å². The van der Waals surface area contributed by atoms with E-state index in [0.717, 1.165) is 11.3 Å². The van der Waals surface area contributed by atoms with Crippen LogP contribution in [0.3, 0.4) is 0 Å². The second-order valence-corrected chi connectivity index (χ2v) is 4.88. The highest BCUT2D eigenvalue weighted by molar-refractivity contribution is 6.00. The molecule has 0 unspecified atom stereocenters. The molecule has 1 aromatic carbocycles. The SMILES string of the molecule is CC(=O)c1ccc(NC(=O)Nc2cc(C)cc(C)n2)cc1. The third kappa shape index (κ3) is 4.14. The maximum absolute atomic E-state index is 11.9. The second-order valence-electron chi connectivity index (χ2n) is 4.88. The summed E-state index contributed by atoms with van der Waals surface area (Å²) in [5.41, 5.74) is 3.10. The van der Waals surface area contributed by atoms with Gasteiger partial charge in [0.25, 0.3) is 0 Å². The molecule has 0 radical (unpaired) electrons. The maximum atomic E-state index is 11.9. The van der Waals surface area contributed by atoms with Gasteiger partial charge >= 0.3 is 6.03 Å². The summed E-state index contributed by atoms with van der Waals surface area (Å²) < 4.78 is 0. The Bertz CT molecular complexity index is 658. The zero-order valence-electron chi connectivity index (χ0n) is 12.2. The number of ketones is 1. The number of benzene rings is 1. The summed E-state index contributed by atoms with van der Waals surface area (Å²) in [6.45, 7) is 5.32. The van der Waals surface area contributed by atoms with Crippen LogP contribution < -0.4 is 10.6 Å². The minimum atomic E-state index is -0.372. The fourth-order valence-electron chi connectivity index (χ4n) is 1.97. The minimum absolute atomic E-state index is 0.00885. The van der Waals surface area contributed by atoms with E-state index in [2.05, 4.69) is 15.6 Å². The van der Waals surface area contributed by atoms with E-state index >= 15 is 0 Å². The number of nitrogens with zero attached hydrogens (tertiary/aromatic N) is 1. The number of hydrogen-bond acceptors (Lipinski definition) is 3. The Morgan fingerprint density at radius 3 is 2.24 bits per heavy atom. The highest BCUT2D eigenvalue weighted by Crippen LogP contribution is 2.12. The highest BCUT2D eigenvalue weighted by Gasteiger charge is 2.05. The molecule has 108 valence electrons. The fraction of sp³-hybridized carbons (Fsp3) is 0.188. The number of amides is 2. The van der Waals surface area contributed by atoms with Crippen LogP contribution in [0.15, 0.2) is 36.4 Å². The van der Waals surface area contributed by atoms with Gasteiger partial charge in [-0.25, -0.2) is 9.78 Å². The van der Waals surface area contributed by atoms with Crippen molar-refractivity contribution in [1.29, 1.82) is 0 Å². The van der Waals surface area contributed by atoms with Crippen LogP contribution in [0, 0.1) is 13.8 Å².